The van der Waals surface area contributed by atoms with Crippen LogP contribution in [0.25, 0.3) is 0 Å². The summed E-state index contributed by atoms with van der Waals surface area (Å²) in [5, 5.41) is 9.91. The highest BCUT2D eigenvalue weighted by Crippen LogP contribution is 2.30. The third-order valence-electron chi connectivity index (χ3n) is 3.74. The predicted molar refractivity (Wildman–Crippen MR) is 75.8 cm³/mol. The number of amides is 1. The fraction of sp³-hybridized carbons (Fsp3) is 0.562. The van der Waals surface area contributed by atoms with E-state index in [-0.39, 0.29) is 18.4 Å². The first-order chi connectivity index (χ1) is 9.78. The SMILES string of the molecule is CC(C)(O)CN1C[C@H](c2cccc(F)c2F)CCCC1=O. The minimum Gasteiger partial charge on any atom is -0.389 e. The summed E-state index contributed by atoms with van der Waals surface area (Å²) >= 11 is 0. The highest BCUT2D eigenvalue weighted by atomic mass is 19.2. The molecule has 1 heterocycles. The van der Waals surface area contributed by atoms with Crippen molar-refractivity contribution in [2.45, 2.75) is 44.6 Å². The number of carbonyl (C=O) groups excluding carboxylic acids is 1. The fourth-order valence-corrected chi connectivity index (χ4v) is 2.83. The molecule has 3 nitrogen and oxygen atoms in total. The Morgan fingerprint density at radius 2 is 2.10 bits per heavy atom. The second kappa shape index (κ2) is 6.10. The molecule has 1 aromatic carbocycles. The minimum atomic E-state index is -1.01. The molecule has 21 heavy (non-hydrogen) atoms. The smallest absolute Gasteiger partial charge is 0.222 e. The Morgan fingerprint density at radius 3 is 2.76 bits per heavy atom. The van der Waals surface area contributed by atoms with Gasteiger partial charge < -0.3 is 10.0 Å². The van der Waals surface area contributed by atoms with Crippen molar-refractivity contribution in [3.63, 3.8) is 0 Å². The molecule has 116 valence electrons. The fourth-order valence-electron chi connectivity index (χ4n) is 2.83. The lowest BCUT2D eigenvalue weighted by Gasteiger charge is -2.30. The first-order valence-electron chi connectivity index (χ1n) is 7.22. The molecule has 0 unspecified atom stereocenters. The van der Waals surface area contributed by atoms with Gasteiger partial charge in [0.15, 0.2) is 11.6 Å². The molecule has 0 bridgehead atoms. The van der Waals surface area contributed by atoms with Crippen LogP contribution in [0.1, 0.15) is 44.6 Å². The molecule has 1 amide bonds. The summed E-state index contributed by atoms with van der Waals surface area (Å²) in [4.78, 5) is 13.6. The van der Waals surface area contributed by atoms with Gasteiger partial charge in [-0.1, -0.05) is 12.1 Å². The number of halogens is 2. The third-order valence-corrected chi connectivity index (χ3v) is 3.74. The number of benzene rings is 1. The average Bonchev–Trinajstić information content (AvgIpc) is 2.54. The van der Waals surface area contributed by atoms with E-state index >= 15 is 0 Å². The number of hydrogen-bond donors (Lipinski definition) is 1. The van der Waals surface area contributed by atoms with Gasteiger partial charge >= 0.3 is 0 Å². The van der Waals surface area contributed by atoms with Crippen LogP contribution in [0.3, 0.4) is 0 Å². The summed E-state index contributed by atoms with van der Waals surface area (Å²) in [6.07, 6.45) is 1.65. The van der Waals surface area contributed by atoms with E-state index in [1.807, 2.05) is 0 Å². The lowest BCUT2D eigenvalue weighted by atomic mass is 9.93. The standard InChI is InChI=1S/C16H21F2NO2/c1-16(2,21)10-19-9-11(5-3-8-14(19)20)12-6-4-7-13(17)15(12)18/h4,6-7,11,21H,3,5,8-10H2,1-2H3/t11-/m1/s1. The second-order valence-electron chi connectivity index (χ2n) is 6.32. The van der Waals surface area contributed by atoms with Crippen molar-refractivity contribution in [3.8, 4) is 0 Å². The maximum atomic E-state index is 14.0. The molecular formula is C16H21F2NO2. The molecule has 1 aliphatic rings. The summed E-state index contributed by atoms with van der Waals surface area (Å²) in [5.74, 6) is -1.98. The van der Waals surface area contributed by atoms with Crippen LogP contribution >= 0.6 is 0 Å². The van der Waals surface area contributed by atoms with Crippen LogP contribution in [0.15, 0.2) is 18.2 Å². The van der Waals surface area contributed by atoms with Crippen LogP contribution in [0, 0.1) is 11.6 Å². The van der Waals surface area contributed by atoms with Gasteiger partial charge in [-0.05, 0) is 38.3 Å². The van der Waals surface area contributed by atoms with Crippen LogP contribution in [-0.4, -0.2) is 34.6 Å². The van der Waals surface area contributed by atoms with Gasteiger partial charge in [0.1, 0.15) is 0 Å². The Kier molecular flexibility index (Phi) is 4.61. The third kappa shape index (κ3) is 4.00. The number of nitrogens with zero attached hydrogens (tertiary/aromatic N) is 1. The van der Waals surface area contributed by atoms with Crippen molar-refractivity contribution < 1.29 is 18.7 Å². The number of rotatable bonds is 3. The molecule has 1 saturated heterocycles. The monoisotopic (exact) mass is 297 g/mol. The molecule has 5 heteroatoms. The molecule has 1 atom stereocenters. The number of aliphatic hydroxyl groups is 1. The van der Waals surface area contributed by atoms with Crippen LogP contribution in [0.4, 0.5) is 8.78 Å². The second-order valence-corrected chi connectivity index (χ2v) is 6.32. The summed E-state index contributed by atoms with van der Waals surface area (Å²) in [6, 6.07) is 4.15. The first kappa shape index (κ1) is 15.9. The van der Waals surface area contributed by atoms with Gasteiger partial charge in [0, 0.05) is 25.4 Å². The molecule has 2 rings (SSSR count). The number of likely N-dealkylation sites (tertiary alicyclic amines) is 1. The van der Waals surface area contributed by atoms with Crippen molar-refractivity contribution in [3.05, 3.63) is 35.4 Å². The van der Waals surface area contributed by atoms with Crippen molar-refractivity contribution in [2.24, 2.45) is 0 Å². The van der Waals surface area contributed by atoms with Gasteiger partial charge in [-0.2, -0.15) is 0 Å². The quantitative estimate of drug-likeness (QED) is 0.932. The summed E-state index contributed by atoms with van der Waals surface area (Å²) < 4.78 is 27.3. The van der Waals surface area contributed by atoms with Gasteiger partial charge in [0.25, 0.3) is 0 Å². The average molecular weight is 297 g/mol. The highest BCUT2D eigenvalue weighted by Gasteiger charge is 2.29. The summed E-state index contributed by atoms with van der Waals surface area (Å²) in [7, 11) is 0. The zero-order valence-corrected chi connectivity index (χ0v) is 12.4. The van der Waals surface area contributed by atoms with E-state index in [9.17, 15) is 18.7 Å². The van der Waals surface area contributed by atoms with E-state index in [4.69, 9.17) is 0 Å². The molecule has 0 radical (unpaired) electrons. The van der Waals surface area contributed by atoms with Gasteiger partial charge in [0.05, 0.1) is 5.60 Å². The van der Waals surface area contributed by atoms with Crippen molar-refractivity contribution in [1.29, 1.82) is 0 Å². The molecule has 1 fully saturated rings. The molecule has 0 aromatic heterocycles. The van der Waals surface area contributed by atoms with Crippen molar-refractivity contribution in [1.82, 2.24) is 4.90 Å². The first-order valence-corrected chi connectivity index (χ1v) is 7.22. The number of carbonyl (C=O) groups is 1. The minimum absolute atomic E-state index is 0.0450. The largest absolute Gasteiger partial charge is 0.389 e. The lowest BCUT2D eigenvalue weighted by molar-refractivity contribution is -0.133. The van der Waals surface area contributed by atoms with E-state index in [1.54, 1.807) is 24.8 Å². The molecule has 1 N–H and O–H groups in total. The van der Waals surface area contributed by atoms with Gasteiger partial charge in [-0.3, -0.25) is 4.79 Å². The summed E-state index contributed by atoms with van der Waals surface area (Å²) in [6.45, 7) is 3.76. The van der Waals surface area contributed by atoms with Crippen LogP contribution in [0.5, 0.6) is 0 Å². The van der Waals surface area contributed by atoms with Crippen LogP contribution < -0.4 is 0 Å². The topological polar surface area (TPSA) is 40.5 Å². The van der Waals surface area contributed by atoms with Crippen LogP contribution in [-0.2, 0) is 4.79 Å². The number of β-amino-alcohol motifs (C(OH)–C–C–N with tert-alkyl or cyclic N) is 1. The summed E-state index contributed by atoms with van der Waals surface area (Å²) in [5.41, 5.74) is -0.698. The van der Waals surface area contributed by atoms with E-state index in [2.05, 4.69) is 0 Å². The van der Waals surface area contributed by atoms with E-state index in [0.717, 1.165) is 6.07 Å². The highest BCUT2D eigenvalue weighted by molar-refractivity contribution is 5.76. The van der Waals surface area contributed by atoms with Crippen LogP contribution in [0.2, 0.25) is 0 Å². The van der Waals surface area contributed by atoms with Gasteiger partial charge in [-0.25, -0.2) is 8.78 Å². The zero-order chi connectivity index (χ0) is 15.6. The zero-order valence-electron chi connectivity index (χ0n) is 12.4. The molecule has 1 aromatic rings. The Balaban J connectivity index is 2.24. The Labute approximate surface area is 123 Å². The van der Waals surface area contributed by atoms with E-state index in [1.165, 1.54) is 6.07 Å². The van der Waals surface area contributed by atoms with Gasteiger partial charge in [0.2, 0.25) is 5.91 Å². The van der Waals surface area contributed by atoms with Gasteiger partial charge in [-0.15, -0.1) is 0 Å². The molecule has 1 aliphatic heterocycles. The molecule has 0 aliphatic carbocycles. The molecule has 0 saturated carbocycles. The lowest BCUT2D eigenvalue weighted by Crippen LogP contribution is -2.43. The Bertz CT molecular complexity index is 525. The maximum absolute atomic E-state index is 14.0. The Morgan fingerprint density at radius 1 is 1.38 bits per heavy atom. The molecular weight excluding hydrogens is 276 g/mol. The van der Waals surface area contributed by atoms with E-state index in [0.29, 0.717) is 31.4 Å². The number of hydrogen-bond acceptors (Lipinski definition) is 2. The Hall–Kier alpha value is -1.49. The normalized spacial score (nSPS) is 20.5. The molecule has 0 spiro atoms. The van der Waals surface area contributed by atoms with Crippen molar-refractivity contribution >= 4 is 5.91 Å². The van der Waals surface area contributed by atoms with Crippen molar-refractivity contribution in [2.75, 3.05) is 13.1 Å². The predicted octanol–water partition coefficient (Wildman–Crippen LogP) is 2.83. The maximum Gasteiger partial charge on any atom is 0.222 e. The van der Waals surface area contributed by atoms with E-state index < -0.39 is 17.2 Å².